The molecule has 0 aliphatic carbocycles. The molecule has 0 amide bonds. The van der Waals surface area contributed by atoms with Crippen LogP contribution in [0.5, 0.6) is 0 Å². The molecule has 1 aliphatic rings. The van der Waals surface area contributed by atoms with Gasteiger partial charge in [-0.15, -0.1) is 15.3 Å². The summed E-state index contributed by atoms with van der Waals surface area (Å²) in [6.45, 7) is 3.28. The van der Waals surface area contributed by atoms with Crippen molar-refractivity contribution in [2.75, 3.05) is 13.1 Å². The Bertz CT molecular complexity index is 1230. The fourth-order valence-electron chi connectivity index (χ4n) is 3.78. The van der Waals surface area contributed by atoms with Crippen LogP contribution in [0.2, 0.25) is 0 Å². The van der Waals surface area contributed by atoms with Crippen LogP contribution < -0.4 is 0 Å². The average Bonchev–Trinajstić information content (AvgIpc) is 3.58. The molecule has 11 heteroatoms. The first-order valence-corrected chi connectivity index (χ1v) is 10.5. The molecule has 0 N–H and O–H groups in total. The van der Waals surface area contributed by atoms with Crippen molar-refractivity contribution >= 4 is 0 Å². The molecule has 0 bridgehead atoms. The highest BCUT2D eigenvalue weighted by Crippen LogP contribution is 2.25. The van der Waals surface area contributed by atoms with E-state index < -0.39 is 18.1 Å². The van der Waals surface area contributed by atoms with Crippen LogP contribution >= 0.6 is 0 Å². The lowest BCUT2D eigenvalue weighted by Gasteiger charge is -2.14. The summed E-state index contributed by atoms with van der Waals surface area (Å²) >= 11 is 0. The van der Waals surface area contributed by atoms with Gasteiger partial charge in [-0.3, -0.25) is 9.88 Å². The van der Waals surface area contributed by atoms with E-state index in [2.05, 4.69) is 30.4 Å². The molecule has 0 saturated carbocycles. The summed E-state index contributed by atoms with van der Waals surface area (Å²) in [6, 6.07) is 8.15. The molecule has 170 valence electrons. The maximum absolute atomic E-state index is 14.6. The molecule has 4 aromatic rings. The van der Waals surface area contributed by atoms with Crippen LogP contribution in [0.1, 0.15) is 36.3 Å². The van der Waals surface area contributed by atoms with Crippen molar-refractivity contribution < 1.29 is 17.6 Å². The molecule has 1 aliphatic heterocycles. The number of pyridine rings is 1. The van der Waals surface area contributed by atoms with E-state index in [1.807, 2.05) is 18.3 Å². The van der Waals surface area contributed by atoms with Gasteiger partial charge in [0.15, 0.2) is 0 Å². The van der Waals surface area contributed by atoms with E-state index in [-0.39, 0.29) is 18.0 Å². The Morgan fingerprint density at radius 3 is 2.52 bits per heavy atom. The number of rotatable bonds is 7. The van der Waals surface area contributed by atoms with Crippen LogP contribution in [0.3, 0.4) is 0 Å². The van der Waals surface area contributed by atoms with E-state index in [1.54, 1.807) is 6.20 Å². The third kappa shape index (κ3) is 4.77. The summed E-state index contributed by atoms with van der Waals surface area (Å²) < 4.78 is 46.2. The lowest BCUT2D eigenvalue weighted by atomic mass is 10.1. The Kier molecular flexibility index (Phi) is 5.86. The molecular formula is C22H20F3N7O. The predicted octanol–water partition coefficient (Wildman–Crippen LogP) is 4.11. The molecule has 5 rings (SSSR count). The molecular weight excluding hydrogens is 435 g/mol. The molecule has 1 aromatic carbocycles. The van der Waals surface area contributed by atoms with Gasteiger partial charge in [-0.1, -0.05) is 17.3 Å². The van der Waals surface area contributed by atoms with Crippen molar-refractivity contribution in [3.05, 3.63) is 65.6 Å². The summed E-state index contributed by atoms with van der Waals surface area (Å²) in [4.78, 5) is 6.90. The predicted molar refractivity (Wildman–Crippen MR) is 112 cm³/mol. The van der Waals surface area contributed by atoms with Crippen LogP contribution in [0.25, 0.3) is 22.8 Å². The maximum atomic E-state index is 14.6. The van der Waals surface area contributed by atoms with Crippen molar-refractivity contribution in [1.82, 2.24) is 35.1 Å². The first-order valence-electron chi connectivity index (χ1n) is 10.5. The molecule has 1 fully saturated rings. The zero-order valence-corrected chi connectivity index (χ0v) is 17.5. The van der Waals surface area contributed by atoms with Gasteiger partial charge in [0.1, 0.15) is 11.5 Å². The van der Waals surface area contributed by atoms with E-state index in [9.17, 15) is 13.2 Å². The third-order valence-corrected chi connectivity index (χ3v) is 5.49. The fraction of sp³-hybridized carbons (Fsp3) is 0.318. The number of hydrogen-bond acceptors (Lipinski definition) is 7. The minimum atomic E-state index is -2.88. The van der Waals surface area contributed by atoms with Crippen molar-refractivity contribution in [2.45, 2.75) is 32.4 Å². The highest BCUT2D eigenvalue weighted by molar-refractivity contribution is 5.54. The molecule has 1 saturated heterocycles. The van der Waals surface area contributed by atoms with Gasteiger partial charge in [0.2, 0.25) is 5.89 Å². The smallest absolute Gasteiger partial charge is 0.314 e. The molecule has 0 unspecified atom stereocenters. The van der Waals surface area contributed by atoms with Crippen molar-refractivity contribution in [1.29, 1.82) is 0 Å². The standard InChI is InChI=1S/C22H20F3N7O/c23-17-9-15(21-28-29-22(33-21)20(24)25)4-5-16(17)12-32-13-19(27-30-32)18-6-3-14(10-26-18)11-31-7-1-2-8-31/h3-6,9-10,13,20H,1-2,7-8,11-12H2. The number of likely N-dealkylation sites (tertiary alicyclic amines) is 1. The Balaban J connectivity index is 1.26. The van der Waals surface area contributed by atoms with E-state index in [0.717, 1.165) is 31.3 Å². The second kappa shape index (κ2) is 9.10. The molecule has 33 heavy (non-hydrogen) atoms. The zero-order chi connectivity index (χ0) is 22.8. The third-order valence-electron chi connectivity index (χ3n) is 5.49. The van der Waals surface area contributed by atoms with Gasteiger partial charge in [0, 0.05) is 23.9 Å². The second-order valence-electron chi connectivity index (χ2n) is 7.89. The average molecular weight is 455 g/mol. The summed E-state index contributed by atoms with van der Waals surface area (Å²) in [7, 11) is 0. The van der Waals surface area contributed by atoms with Crippen LogP contribution in [0, 0.1) is 5.82 Å². The quantitative estimate of drug-likeness (QED) is 0.415. The van der Waals surface area contributed by atoms with E-state index in [1.165, 1.54) is 29.7 Å². The molecule has 0 spiro atoms. The minimum absolute atomic E-state index is 0.137. The molecule has 8 nitrogen and oxygen atoms in total. The van der Waals surface area contributed by atoms with Gasteiger partial charge in [-0.25, -0.2) is 9.07 Å². The summed E-state index contributed by atoms with van der Waals surface area (Å²) in [5.41, 5.74) is 2.99. The molecule has 0 atom stereocenters. The Morgan fingerprint density at radius 2 is 1.82 bits per heavy atom. The highest BCUT2D eigenvalue weighted by atomic mass is 19.3. The Labute approximate surface area is 187 Å². The topological polar surface area (TPSA) is 85.8 Å². The Hall–Kier alpha value is -3.60. The van der Waals surface area contributed by atoms with E-state index in [4.69, 9.17) is 4.42 Å². The monoisotopic (exact) mass is 455 g/mol. The Morgan fingerprint density at radius 1 is 0.970 bits per heavy atom. The second-order valence-corrected chi connectivity index (χ2v) is 7.89. The van der Waals surface area contributed by atoms with Gasteiger partial charge in [-0.2, -0.15) is 8.78 Å². The van der Waals surface area contributed by atoms with Crippen LogP contribution in [-0.4, -0.2) is 48.2 Å². The molecule has 4 heterocycles. The first-order chi connectivity index (χ1) is 16.0. The number of nitrogens with zero attached hydrogens (tertiary/aromatic N) is 7. The van der Waals surface area contributed by atoms with Crippen molar-refractivity contribution in [2.24, 2.45) is 0 Å². The molecule has 0 radical (unpaired) electrons. The zero-order valence-electron chi connectivity index (χ0n) is 17.5. The number of aromatic nitrogens is 6. The number of benzene rings is 1. The summed E-state index contributed by atoms with van der Waals surface area (Å²) in [6.07, 6.45) is 3.15. The maximum Gasteiger partial charge on any atom is 0.314 e. The number of halogens is 3. The van der Waals surface area contributed by atoms with E-state index in [0.29, 0.717) is 17.0 Å². The van der Waals surface area contributed by atoms with Gasteiger partial charge in [0.05, 0.1) is 18.4 Å². The van der Waals surface area contributed by atoms with E-state index >= 15 is 0 Å². The van der Waals surface area contributed by atoms with Crippen molar-refractivity contribution in [3.63, 3.8) is 0 Å². The normalized spacial score (nSPS) is 14.4. The van der Waals surface area contributed by atoms with Crippen LogP contribution in [0.4, 0.5) is 13.2 Å². The lowest BCUT2D eigenvalue weighted by Crippen LogP contribution is -2.18. The lowest BCUT2D eigenvalue weighted by molar-refractivity contribution is 0.116. The highest BCUT2D eigenvalue weighted by Gasteiger charge is 2.18. The fourth-order valence-corrected chi connectivity index (χ4v) is 3.78. The van der Waals surface area contributed by atoms with Gasteiger partial charge in [0.25, 0.3) is 5.89 Å². The summed E-state index contributed by atoms with van der Waals surface area (Å²) in [5.74, 6) is -1.52. The van der Waals surface area contributed by atoms with Gasteiger partial charge in [-0.05, 0) is 49.7 Å². The summed E-state index contributed by atoms with van der Waals surface area (Å²) in [5, 5.41) is 15.0. The minimum Gasteiger partial charge on any atom is -0.415 e. The van der Waals surface area contributed by atoms with Crippen LogP contribution in [-0.2, 0) is 13.1 Å². The number of alkyl halides is 2. The first kappa shape index (κ1) is 21.3. The van der Waals surface area contributed by atoms with Crippen molar-refractivity contribution in [3.8, 4) is 22.8 Å². The largest absolute Gasteiger partial charge is 0.415 e. The van der Waals surface area contributed by atoms with Gasteiger partial charge >= 0.3 is 6.43 Å². The number of hydrogen-bond donors (Lipinski definition) is 0. The van der Waals surface area contributed by atoms with Gasteiger partial charge < -0.3 is 4.42 Å². The molecule has 3 aromatic heterocycles. The SMILES string of the molecule is Fc1cc(-c2nnc(C(F)F)o2)ccc1Cn1cc(-c2ccc(CN3CCCC3)cn2)nn1. The van der Waals surface area contributed by atoms with Crippen LogP contribution in [0.15, 0.2) is 47.1 Å².